The molecular weight excluding hydrogens is 264 g/mol. The van der Waals surface area contributed by atoms with Gasteiger partial charge in [-0.1, -0.05) is 13.8 Å². The predicted octanol–water partition coefficient (Wildman–Crippen LogP) is 1.92. The quantitative estimate of drug-likeness (QED) is 0.803. The van der Waals surface area contributed by atoms with Crippen LogP contribution in [-0.4, -0.2) is 41.3 Å². The Morgan fingerprint density at radius 1 is 1.33 bits per heavy atom. The standard InChI is InChI=1S/C16H28N4O/c1-4-16(5-2,10-21)9-20(3)15-8-14(18-11-19-15)12-6-13(17)7-12/h8,11-13,21H,4-7,9-10,17H2,1-3H3. The molecule has 0 radical (unpaired) electrons. The number of hydrogen-bond donors (Lipinski definition) is 2. The number of nitrogens with two attached hydrogens (primary N) is 1. The summed E-state index contributed by atoms with van der Waals surface area (Å²) in [6.07, 6.45) is 5.60. The molecule has 0 amide bonds. The van der Waals surface area contributed by atoms with Crippen LogP contribution < -0.4 is 10.6 Å². The van der Waals surface area contributed by atoms with Crippen molar-refractivity contribution in [3.63, 3.8) is 0 Å². The number of aliphatic hydroxyl groups is 1. The van der Waals surface area contributed by atoms with E-state index in [-0.39, 0.29) is 12.0 Å². The molecule has 1 heterocycles. The predicted molar refractivity (Wildman–Crippen MR) is 85.4 cm³/mol. The summed E-state index contributed by atoms with van der Waals surface area (Å²) in [6, 6.07) is 2.40. The second-order valence-corrected chi connectivity index (χ2v) is 6.45. The van der Waals surface area contributed by atoms with Crippen LogP contribution in [-0.2, 0) is 0 Å². The summed E-state index contributed by atoms with van der Waals surface area (Å²) in [5, 5.41) is 9.72. The summed E-state index contributed by atoms with van der Waals surface area (Å²) in [4.78, 5) is 10.9. The van der Waals surface area contributed by atoms with Crippen molar-refractivity contribution < 1.29 is 5.11 Å². The molecule has 2 rings (SSSR count). The first-order valence-electron chi connectivity index (χ1n) is 7.93. The van der Waals surface area contributed by atoms with Crippen molar-refractivity contribution in [2.24, 2.45) is 11.1 Å². The zero-order valence-corrected chi connectivity index (χ0v) is 13.4. The smallest absolute Gasteiger partial charge is 0.131 e. The number of anilines is 1. The van der Waals surface area contributed by atoms with E-state index < -0.39 is 0 Å². The van der Waals surface area contributed by atoms with Crippen LogP contribution in [0.3, 0.4) is 0 Å². The number of aliphatic hydroxyl groups excluding tert-OH is 1. The molecule has 21 heavy (non-hydrogen) atoms. The molecule has 0 aromatic carbocycles. The van der Waals surface area contributed by atoms with Gasteiger partial charge in [0.05, 0.1) is 6.61 Å². The van der Waals surface area contributed by atoms with Gasteiger partial charge >= 0.3 is 0 Å². The van der Waals surface area contributed by atoms with Gasteiger partial charge in [-0.3, -0.25) is 0 Å². The van der Waals surface area contributed by atoms with Crippen molar-refractivity contribution in [2.75, 3.05) is 25.1 Å². The Morgan fingerprint density at radius 2 is 2.00 bits per heavy atom. The van der Waals surface area contributed by atoms with Crippen LogP contribution >= 0.6 is 0 Å². The number of nitrogens with zero attached hydrogens (tertiary/aromatic N) is 3. The normalized spacial score (nSPS) is 22.0. The lowest BCUT2D eigenvalue weighted by Crippen LogP contribution is -2.38. The van der Waals surface area contributed by atoms with Gasteiger partial charge in [-0.2, -0.15) is 0 Å². The lowest BCUT2D eigenvalue weighted by Gasteiger charge is -2.35. The third-order valence-corrected chi connectivity index (χ3v) is 5.07. The highest BCUT2D eigenvalue weighted by molar-refractivity contribution is 5.39. The Labute approximate surface area is 127 Å². The Hall–Kier alpha value is -1.20. The van der Waals surface area contributed by atoms with E-state index in [0.717, 1.165) is 43.7 Å². The Morgan fingerprint density at radius 3 is 2.52 bits per heavy atom. The van der Waals surface area contributed by atoms with Gasteiger partial charge in [-0.05, 0) is 25.7 Å². The minimum absolute atomic E-state index is 0.0569. The molecule has 1 aromatic rings. The number of aromatic nitrogens is 2. The third kappa shape index (κ3) is 3.52. The van der Waals surface area contributed by atoms with Gasteiger partial charge < -0.3 is 15.7 Å². The van der Waals surface area contributed by atoms with Gasteiger partial charge in [0.25, 0.3) is 0 Å². The maximum absolute atomic E-state index is 9.72. The Balaban J connectivity index is 2.08. The highest BCUT2D eigenvalue weighted by atomic mass is 16.3. The number of hydrogen-bond acceptors (Lipinski definition) is 5. The van der Waals surface area contributed by atoms with Crippen molar-refractivity contribution in [3.05, 3.63) is 18.1 Å². The van der Waals surface area contributed by atoms with Crippen LogP contribution in [0.15, 0.2) is 12.4 Å². The minimum Gasteiger partial charge on any atom is -0.396 e. The van der Waals surface area contributed by atoms with E-state index in [1.54, 1.807) is 6.33 Å². The molecule has 118 valence electrons. The summed E-state index contributed by atoms with van der Waals surface area (Å²) in [5.74, 6) is 1.41. The molecule has 0 atom stereocenters. The minimum atomic E-state index is -0.0569. The van der Waals surface area contributed by atoms with Gasteiger partial charge in [0.1, 0.15) is 12.1 Å². The van der Waals surface area contributed by atoms with Crippen LogP contribution in [0.25, 0.3) is 0 Å². The summed E-state index contributed by atoms with van der Waals surface area (Å²) < 4.78 is 0. The zero-order chi connectivity index (χ0) is 15.5. The molecule has 1 aromatic heterocycles. The molecule has 1 saturated carbocycles. The molecule has 1 aliphatic carbocycles. The fraction of sp³-hybridized carbons (Fsp3) is 0.750. The molecule has 1 fully saturated rings. The molecule has 0 unspecified atom stereocenters. The molecule has 3 N–H and O–H groups in total. The average molecular weight is 292 g/mol. The lowest BCUT2D eigenvalue weighted by atomic mass is 9.78. The summed E-state index contributed by atoms with van der Waals surface area (Å²) in [6.45, 7) is 5.28. The molecule has 5 nitrogen and oxygen atoms in total. The fourth-order valence-corrected chi connectivity index (χ4v) is 3.03. The van der Waals surface area contributed by atoms with Crippen LogP contribution in [0.2, 0.25) is 0 Å². The lowest BCUT2D eigenvalue weighted by molar-refractivity contribution is 0.121. The second-order valence-electron chi connectivity index (χ2n) is 6.45. The van der Waals surface area contributed by atoms with Crippen LogP contribution in [0.1, 0.15) is 51.1 Å². The Bertz CT molecular complexity index is 447. The SMILES string of the molecule is CCC(CC)(CO)CN(C)c1cc(C2CC(N)C2)ncn1. The molecular formula is C16H28N4O. The third-order valence-electron chi connectivity index (χ3n) is 5.07. The van der Waals surface area contributed by atoms with E-state index in [9.17, 15) is 5.11 Å². The van der Waals surface area contributed by atoms with Crippen molar-refractivity contribution in [2.45, 2.75) is 51.5 Å². The first-order chi connectivity index (χ1) is 10.0. The Kier molecular flexibility index (Phi) is 5.17. The molecule has 0 aliphatic heterocycles. The monoisotopic (exact) mass is 292 g/mol. The number of rotatable bonds is 7. The van der Waals surface area contributed by atoms with E-state index in [2.05, 4.69) is 34.8 Å². The van der Waals surface area contributed by atoms with E-state index in [1.807, 2.05) is 7.05 Å². The summed E-state index contributed by atoms with van der Waals surface area (Å²) in [7, 11) is 2.04. The van der Waals surface area contributed by atoms with Gasteiger partial charge in [-0.15, -0.1) is 0 Å². The summed E-state index contributed by atoms with van der Waals surface area (Å²) >= 11 is 0. The van der Waals surface area contributed by atoms with Gasteiger partial charge in [0.15, 0.2) is 0 Å². The summed E-state index contributed by atoms with van der Waals surface area (Å²) in [5.41, 5.74) is 6.90. The highest BCUT2D eigenvalue weighted by Gasteiger charge is 2.30. The topological polar surface area (TPSA) is 75.3 Å². The highest BCUT2D eigenvalue weighted by Crippen LogP contribution is 2.35. The van der Waals surface area contributed by atoms with Crippen molar-refractivity contribution in [3.8, 4) is 0 Å². The second kappa shape index (κ2) is 6.71. The first kappa shape index (κ1) is 16.2. The maximum atomic E-state index is 9.72. The van der Waals surface area contributed by atoms with E-state index in [4.69, 9.17) is 5.73 Å². The van der Waals surface area contributed by atoms with Crippen LogP contribution in [0, 0.1) is 5.41 Å². The fourth-order valence-electron chi connectivity index (χ4n) is 3.03. The first-order valence-corrected chi connectivity index (χ1v) is 7.93. The van der Waals surface area contributed by atoms with E-state index in [0.29, 0.717) is 12.0 Å². The molecule has 1 aliphatic rings. The van der Waals surface area contributed by atoms with E-state index in [1.165, 1.54) is 0 Å². The average Bonchev–Trinajstić information content (AvgIpc) is 2.49. The van der Waals surface area contributed by atoms with Crippen molar-refractivity contribution in [1.82, 2.24) is 9.97 Å². The molecule has 0 bridgehead atoms. The van der Waals surface area contributed by atoms with Crippen molar-refractivity contribution in [1.29, 1.82) is 0 Å². The van der Waals surface area contributed by atoms with Gasteiger partial charge in [0.2, 0.25) is 0 Å². The van der Waals surface area contributed by atoms with Crippen LogP contribution in [0.5, 0.6) is 0 Å². The van der Waals surface area contributed by atoms with Crippen molar-refractivity contribution >= 4 is 5.82 Å². The molecule has 0 saturated heterocycles. The van der Waals surface area contributed by atoms with Crippen LogP contribution in [0.4, 0.5) is 5.82 Å². The van der Waals surface area contributed by atoms with E-state index >= 15 is 0 Å². The van der Waals surface area contributed by atoms with Gasteiger partial charge in [-0.25, -0.2) is 9.97 Å². The molecule has 0 spiro atoms. The maximum Gasteiger partial charge on any atom is 0.131 e. The zero-order valence-electron chi connectivity index (χ0n) is 13.4. The van der Waals surface area contributed by atoms with Gasteiger partial charge in [0, 0.05) is 42.7 Å². The molecule has 5 heteroatoms. The largest absolute Gasteiger partial charge is 0.396 e.